The van der Waals surface area contributed by atoms with E-state index in [4.69, 9.17) is 5.26 Å². The van der Waals surface area contributed by atoms with Gasteiger partial charge in [-0.3, -0.25) is 9.05 Å². The zero-order valence-electron chi connectivity index (χ0n) is 8.26. The van der Waals surface area contributed by atoms with E-state index in [-0.39, 0.29) is 5.57 Å². The molecular weight excluding hydrogens is 225 g/mol. The lowest BCUT2D eigenvalue weighted by Crippen LogP contribution is -2.09. The Morgan fingerprint density at radius 3 is 2.40 bits per heavy atom. The van der Waals surface area contributed by atoms with Crippen LogP contribution in [0.2, 0.25) is 0 Å². The van der Waals surface area contributed by atoms with Crippen LogP contribution in [0.5, 0.6) is 0 Å². The molecule has 7 nitrogen and oxygen atoms in total. The van der Waals surface area contributed by atoms with E-state index in [0.29, 0.717) is 0 Å². The average Bonchev–Trinajstić information content (AvgIpc) is 2.27. The van der Waals surface area contributed by atoms with Gasteiger partial charge in [0.15, 0.2) is 0 Å². The van der Waals surface area contributed by atoms with Crippen LogP contribution in [-0.4, -0.2) is 27.0 Å². The fourth-order valence-electron chi connectivity index (χ4n) is 0.457. The highest BCUT2D eigenvalue weighted by atomic mass is 31.2. The third kappa shape index (κ3) is 4.72. The number of phosphoric acid groups is 1. The molecule has 84 valence electrons. The molecule has 0 spiro atoms. The normalized spacial score (nSPS) is 10.5. The molecule has 0 aromatic rings. The first-order chi connectivity index (χ1) is 6.99. The molecule has 0 bridgehead atoms. The average molecular weight is 235 g/mol. The highest BCUT2D eigenvalue weighted by Gasteiger charge is 2.23. The van der Waals surface area contributed by atoms with Gasteiger partial charge in [0, 0.05) is 14.2 Å². The van der Waals surface area contributed by atoms with Crippen molar-refractivity contribution in [3.05, 3.63) is 12.2 Å². The van der Waals surface area contributed by atoms with Crippen LogP contribution in [0.3, 0.4) is 0 Å². The quantitative estimate of drug-likeness (QED) is 0.222. The number of esters is 1. The molecule has 0 atom stereocenters. The van der Waals surface area contributed by atoms with Crippen molar-refractivity contribution < 1.29 is 27.7 Å². The Balaban J connectivity index is 4.01. The van der Waals surface area contributed by atoms with Gasteiger partial charge in [-0.25, -0.2) is 13.9 Å². The zero-order chi connectivity index (χ0) is 11.9. The number of nitrogens with zero attached hydrogens (tertiary/aromatic N) is 1. The summed E-state index contributed by atoms with van der Waals surface area (Å²) in [6, 6.07) is 1.48. The third-order valence-electron chi connectivity index (χ3n) is 1.23. The van der Waals surface area contributed by atoms with E-state index in [0.717, 1.165) is 14.2 Å². The van der Waals surface area contributed by atoms with Gasteiger partial charge in [-0.1, -0.05) is 6.58 Å². The first-order valence-electron chi connectivity index (χ1n) is 3.61. The summed E-state index contributed by atoms with van der Waals surface area (Å²) in [5.74, 6) is -0.962. The zero-order valence-corrected chi connectivity index (χ0v) is 9.15. The molecule has 0 heterocycles. The highest BCUT2D eigenvalue weighted by molar-refractivity contribution is 7.48. The van der Waals surface area contributed by atoms with Gasteiger partial charge in [0.2, 0.25) is 6.79 Å². The van der Waals surface area contributed by atoms with Crippen LogP contribution < -0.4 is 0 Å². The summed E-state index contributed by atoms with van der Waals surface area (Å²) >= 11 is 0. The van der Waals surface area contributed by atoms with Crippen molar-refractivity contribution in [2.75, 3.05) is 21.0 Å². The van der Waals surface area contributed by atoms with E-state index >= 15 is 0 Å². The summed E-state index contributed by atoms with van der Waals surface area (Å²) in [5.41, 5.74) is -0.386. The Morgan fingerprint density at radius 2 is 2.00 bits per heavy atom. The molecule has 0 rings (SSSR count). The second-order valence-corrected chi connectivity index (χ2v) is 3.96. The van der Waals surface area contributed by atoms with E-state index in [1.807, 2.05) is 0 Å². The van der Waals surface area contributed by atoms with E-state index in [1.54, 1.807) is 0 Å². The molecule has 8 heteroatoms. The van der Waals surface area contributed by atoms with Gasteiger partial charge in [0.1, 0.15) is 11.6 Å². The predicted octanol–water partition coefficient (Wildman–Crippen LogP) is 0.984. The molecule has 0 saturated carbocycles. The summed E-state index contributed by atoms with van der Waals surface area (Å²) in [7, 11) is -1.44. The fourth-order valence-corrected chi connectivity index (χ4v) is 0.999. The summed E-state index contributed by atoms with van der Waals surface area (Å²) in [6.45, 7) is 2.45. The van der Waals surface area contributed by atoms with Gasteiger partial charge in [-0.05, 0) is 0 Å². The van der Waals surface area contributed by atoms with Gasteiger partial charge in [0.05, 0.1) is 0 Å². The number of carbonyl (C=O) groups excluding carboxylic acids is 1. The van der Waals surface area contributed by atoms with Crippen LogP contribution in [0.15, 0.2) is 12.2 Å². The maximum Gasteiger partial charge on any atom is 0.477 e. The second kappa shape index (κ2) is 6.32. The molecule has 0 aliphatic heterocycles. The first-order valence-corrected chi connectivity index (χ1v) is 5.07. The van der Waals surface area contributed by atoms with E-state index in [1.165, 1.54) is 6.07 Å². The van der Waals surface area contributed by atoms with Gasteiger partial charge >= 0.3 is 13.8 Å². The Kier molecular flexibility index (Phi) is 5.82. The van der Waals surface area contributed by atoms with Gasteiger partial charge in [-0.15, -0.1) is 0 Å². The first kappa shape index (κ1) is 13.8. The lowest BCUT2D eigenvalue weighted by Gasteiger charge is -2.12. The number of nitriles is 1. The molecule has 0 N–H and O–H groups in total. The van der Waals surface area contributed by atoms with Crippen LogP contribution >= 0.6 is 7.82 Å². The second-order valence-electron chi connectivity index (χ2n) is 2.08. The van der Waals surface area contributed by atoms with Crippen molar-refractivity contribution in [3.8, 4) is 6.07 Å². The number of hydrogen-bond donors (Lipinski definition) is 0. The summed E-state index contributed by atoms with van der Waals surface area (Å²) in [6.07, 6.45) is 0. The Bertz CT molecular complexity index is 325. The summed E-state index contributed by atoms with van der Waals surface area (Å²) < 4.78 is 28.9. The van der Waals surface area contributed by atoms with Crippen molar-refractivity contribution in [1.29, 1.82) is 5.26 Å². The van der Waals surface area contributed by atoms with Crippen LogP contribution in [0.25, 0.3) is 0 Å². The fraction of sp³-hybridized carbons (Fsp3) is 0.429. The SMILES string of the molecule is C=C(C#N)C(=O)OCOP(=O)(OC)OC. The minimum Gasteiger partial charge on any atom is -0.434 e. The molecule has 0 aliphatic carbocycles. The number of phosphoric ester groups is 1. The van der Waals surface area contributed by atoms with Crippen LogP contribution in [0, 0.1) is 11.3 Å². The number of ether oxygens (including phenoxy) is 1. The minimum absolute atomic E-state index is 0.386. The van der Waals surface area contributed by atoms with Crippen LogP contribution in [-0.2, 0) is 27.7 Å². The molecule has 0 amide bonds. The third-order valence-corrected chi connectivity index (χ3v) is 2.55. The van der Waals surface area contributed by atoms with Gasteiger partial charge in [0.25, 0.3) is 0 Å². The molecule has 0 radical (unpaired) electrons. The molecule has 0 saturated heterocycles. The number of hydrogen-bond acceptors (Lipinski definition) is 7. The molecule has 0 aliphatic rings. The van der Waals surface area contributed by atoms with E-state index in [2.05, 4.69) is 24.9 Å². The maximum absolute atomic E-state index is 11.2. The number of carbonyl (C=O) groups is 1. The van der Waals surface area contributed by atoms with Gasteiger partial charge in [-0.2, -0.15) is 5.26 Å². The summed E-state index contributed by atoms with van der Waals surface area (Å²) in [5, 5.41) is 8.26. The molecular formula is C7H10NO6P. The molecule has 0 aromatic heterocycles. The minimum atomic E-state index is -3.67. The molecule has 0 unspecified atom stereocenters. The van der Waals surface area contributed by atoms with Crippen molar-refractivity contribution in [2.24, 2.45) is 0 Å². The highest BCUT2D eigenvalue weighted by Crippen LogP contribution is 2.47. The van der Waals surface area contributed by atoms with Gasteiger partial charge < -0.3 is 4.74 Å². The molecule has 0 aromatic carbocycles. The Morgan fingerprint density at radius 1 is 1.47 bits per heavy atom. The molecule has 0 fully saturated rings. The van der Waals surface area contributed by atoms with E-state index < -0.39 is 20.6 Å². The van der Waals surface area contributed by atoms with Crippen molar-refractivity contribution in [1.82, 2.24) is 0 Å². The smallest absolute Gasteiger partial charge is 0.434 e. The lowest BCUT2D eigenvalue weighted by molar-refractivity contribution is -0.145. The monoisotopic (exact) mass is 235 g/mol. The maximum atomic E-state index is 11.2. The standard InChI is InChI=1S/C7H10NO6P/c1-6(4-8)7(9)13-5-14-15(10,11-2)12-3/h1,5H2,2-3H3. The Hall–Kier alpha value is -1.19. The predicted molar refractivity (Wildman–Crippen MR) is 48.4 cm³/mol. The van der Waals surface area contributed by atoms with Crippen molar-refractivity contribution in [2.45, 2.75) is 0 Å². The van der Waals surface area contributed by atoms with E-state index in [9.17, 15) is 9.36 Å². The topological polar surface area (TPSA) is 94.9 Å². The number of rotatable bonds is 6. The largest absolute Gasteiger partial charge is 0.477 e. The lowest BCUT2D eigenvalue weighted by atomic mass is 10.3. The van der Waals surface area contributed by atoms with Crippen molar-refractivity contribution in [3.63, 3.8) is 0 Å². The molecule has 15 heavy (non-hydrogen) atoms. The van der Waals surface area contributed by atoms with Crippen LogP contribution in [0.4, 0.5) is 0 Å². The summed E-state index contributed by atoms with van der Waals surface area (Å²) in [4.78, 5) is 10.8. The van der Waals surface area contributed by atoms with Crippen LogP contribution in [0.1, 0.15) is 0 Å². The van der Waals surface area contributed by atoms with Crippen molar-refractivity contribution >= 4 is 13.8 Å². The Labute approximate surface area is 86.8 Å².